The third kappa shape index (κ3) is 3.48. The smallest absolute Gasteiger partial charge is 0.266 e. The van der Waals surface area contributed by atoms with Gasteiger partial charge in [-0.3, -0.25) is 14.4 Å². The lowest BCUT2D eigenvalue weighted by molar-refractivity contribution is -0.126. The highest BCUT2D eigenvalue weighted by Crippen LogP contribution is 2.47. The predicted molar refractivity (Wildman–Crippen MR) is 118 cm³/mol. The number of hydrogen-bond acceptors (Lipinski definition) is 6. The van der Waals surface area contributed by atoms with E-state index in [-0.39, 0.29) is 0 Å². The Morgan fingerprint density at radius 2 is 1.30 bits per heavy atom. The van der Waals surface area contributed by atoms with Crippen LogP contribution in [0.1, 0.15) is 11.6 Å². The normalized spacial score (nSPS) is 22.0. The molecule has 3 aromatic carbocycles. The molecule has 2 saturated heterocycles. The lowest BCUT2D eigenvalue weighted by Crippen LogP contribution is -2.37. The van der Waals surface area contributed by atoms with Crippen LogP contribution in [0, 0.1) is 11.7 Å². The summed E-state index contributed by atoms with van der Waals surface area (Å²) in [4.78, 5) is 34.0. The van der Waals surface area contributed by atoms with Crippen LogP contribution in [0.5, 0.6) is 11.5 Å². The number of hydrogen-bond donors (Lipinski definition) is 0. The topological polar surface area (TPSA) is 68.3 Å². The number of hydroxylamine groups is 1. The quantitative estimate of drug-likeness (QED) is 0.552. The van der Waals surface area contributed by atoms with E-state index in [4.69, 9.17) is 14.3 Å². The van der Waals surface area contributed by atoms with Gasteiger partial charge in [0.1, 0.15) is 23.2 Å². The number of carbonyl (C=O) groups excluding carboxylic acids is 2. The highest BCUT2D eigenvalue weighted by molar-refractivity contribution is 6.23. The number of fused-ring (bicyclic) bond motifs is 1. The van der Waals surface area contributed by atoms with E-state index in [1.807, 2.05) is 24.3 Å². The van der Waals surface area contributed by atoms with Gasteiger partial charge in [0.25, 0.3) is 5.91 Å². The molecule has 7 nitrogen and oxygen atoms in total. The lowest BCUT2D eigenvalue weighted by Gasteiger charge is -2.29. The molecule has 2 aliphatic rings. The van der Waals surface area contributed by atoms with Crippen molar-refractivity contribution < 1.29 is 28.3 Å². The summed E-state index contributed by atoms with van der Waals surface area (Å²) in [6, 6.07) is 19.2. The summed E-state index contributed by atoms with van der Waals surface area (Å²) in [6.07, 6.45) is -1.00. The van der Waals surface area contributed by atoms with Gasteiger partial charge in [-0.1, -0.05) is 12.1 Å². The van der Waals surface area contributed by atoms with Gasteiger partial charge in [0.15, 0.2) is 6.10 Å². The molecule has 0 spiro atoms. The van der Waals surface area contributed by atoms with Gasteiger partial charge >= 0.3 is 0 Å². The Kier molecular flexibility index (Phi) is 5.22. The number of ether oxygens (including phenoxy) is 2. The average Bonchev–Trinajstić information content (AvgIpc) is 3.36. The minimum Gasteiger partial charge on any atom is -0.497 e. The third-order valence-corrected chi connectivity index (χ3v) is 5.98. The van der Waals surface area contributed by atoms with Gasteiger partial charge in [-0.15, -0.1) is 0 Å². The maximum atomic E-state index is 13.5. The second-order valence-corrected chi connectivity index (χ2v) is 7.78. The minimum absolute atomic E-state index is 0.314. The van der Waals surface area contributed by atoms with Crippen molar-refractivity contribution in [1.29, 1.82) is 0 Å². The molecule has 0 aliphatic carbocycles. The first kappa shape index (κ1) is 21.0. The standard InChI is InChI=1S/C25H21FN2O5/c1-31-19-11-3-15(4-12-19)22-21-23(33-28(22)18-9-13-20(32-2)14-10-18)25(30)27(24(21)29)17-7-5-16(26)6-8-17/h3-14,21-23H,1-2H3/t21-,22-,23-/m0/s1. The van der Waals surface area contributed by atoms with Gasteiger partial charge in [-0.05, 0) is 66.2 Å². The largest absolute Gasteiger partial charge is 0.497 e. The summed E-state index contributed by atoms with van der Waals surface area (Å²) in [5.74, 6) is -0.755. The number of benzene rings is 3. The summed E-state index contributed by atoms with van der Waals surface area (Å²) < 4.78 is 23.9. The summed E-state index contributed by atoms with van der Waals surface area (Å²) in [7, 11) is 3.15. The fourth-order valence-corrected chi connectivity index (χ4v) is 4.35. The Morgan fingerprint density at radius 3 is 1.88 bits per heavy atom. The molecule has 3 atom stereocenters. The molecule has 8 heteroatoms. The van der Waals surface area contributed by atoms with Crippen molar-refractivity contribution in [2.24, 2.45) is 5.92 Å². The Bertz CT molecular complexity index is 1180. The van der Waals surface area contributed by atoms with E-state index in [0.717, 1.165) is 10.5 Å². The van der Waals surface area contributed by atoms with Crippen molar-refractivity contribution in [2.45, 2.75) is 12.1 Å². The van der Waals surface area contributed by atoms with E-state index in [2.05, 4.69) is 0 Å². The summed E-state index contributed by atoms with van der Waals surface area (Å²) in [6.45, 7) is 0. The van der Waals surface area contributed by atoms with Crippen LogP contribution in [0.2, 0.25) is 0 Å². The molecular formula is C25H21FN2O5. The Morgan fingerprint density at radius 1 is 0.758 bits per heavy atom. The maximum absolute atomic E-state index is 13.5. The first-order valence-electron chi connectivity index (χ1n) is 10.4. The van der Waals surface area contributed by atoms with Gasteiger partial charge in [0.05, 0.1) is 31.6 Å². The van der Waals surface area contributed by atoms with Crippen LogP contribution < -0.4 is 19.4 Å². The molecule has 2 fully saturated rings. The average molecular weight is 448 g/mol. The molecule has 0 bridgehead atoms. The van der Waals surface area contributed by atoms with Gasteiger partial charge < -0.3 is 9.47 Å². The van der Waals surface area contributed by atoms with Crippen LogP contribution in [0.15, 0.2) is 72.8 Å². The monoisotopic (exact) mass is 448 g/mol. The van der Waals surface area contributed by atoms with E-state index >= 15 is 0 Å². The zero-order valence-electron chi connectivity index (χ0n) is 18.0. The van der Waals surface area contributed by atoms with Crippen LogP contribution >= 0.6 is 0 Å². The van der Waals surface area contributed by atoms with Crippen LogP contribution in [0.25, 0.3) is 0 Å². The highest BCUT2D eigenvalue weighted by Gasteiger charge is 2.60. The minimum atomic E-state index is -1.00. The second-order valence-electron chi connectivity index (χ2n) is 7.78. The molecule has 2 aliphatic heterocycles. The van der Waals surface area contributed by atoms with Crippen molar-refractivity contribution in [1.82, 2.24) is 0 Å². The molecule has 0 aromatic heterocycles. The Hall–Kier alpha value is -3.91. The van der Waals surface area contributed by atoms with Crippen LogP contribution in [-0.2, 0) is 14.4 Å². The number of halogens is 1. The van der Waals surface area contributed by atoms with E-state index in [1.54, 1.807) is 43.5 Å². The first-order chi connectivity index (χ1) is 16.0. The maximum Gasteiger partial charge on any atom is 0.266 e. The molecule has 0 unspecified atom stereocenters. The molecular weight excluding hydrogens is 427 g/mol. The van der Waals surface area contributed by atoms with Crippen molar-refractivity contribution in [2.75, 3.05) is 24.2 Å². The van der Waals surface area contributed by atoms with E-state index < -0.39 is 35.7 Å². The Balaban J connectivity index is 1.56. The number of amides is 2. The predicted octanol–water partition coefficient (Wildman–Crippen LogP) is 3.89. The fraction of sp³-hybridized carbons (Fsp3) is 0.200. The van der Waals surface area contributed by atoms with Crippen molar-refractivity contribution in [3.8, 4) is 11.5 Å². The molecule has 0 saturated carbocycles. The van der Waals surface area contributed by atoms with Gasteiger partial charge in [-0.25, -0.2) is 14.4 Å². The SMILES string of the molecule is COc1ccc([C@H]2[C@@H]3C(=O)N(c4ccc(F)cc4)C(=O)[C@H]3ON2c2ccc(OC)cc2)cc1. The summed E-state index contributed by atoms with van der Waals surface area (Å²) >= 11 is 0. The first-order valence-corrected chi connectivity index (χ1v) is 10.4. The van der Waals surface area contributed by atoms with Gasteiger partial charge in [-0.2, -0.15) is 0 Å². The molecule has 3 aromatic rings. The number of imide groups is 1. The number of carbonyl (C=O) groups is 2. The molecule has 2 heterocycles. The molecule has 33 heavy (non-hydrogen) atoms. The lowest BCUT2D eigenvalue weighted by atomic mass is 9.90. The van der Waals surface area contributed by atoms with Gasteiger partial charge in [0.2, 0.25) is 5.91 Å². The molecule has 2 amide bonds. The Labute approximate surface area is 189 Å². The molecule has 168 valence electrons. The van der Waals surface area contributed by atoms with Crippen molar-refractivity contribution in [3.63, 3.8) is 0 Å². The third-order valence-electron chi connectivity index (χ3n) is 5.98. The van der Waals surface area contributed by atoms with Crippen LogP contribution in [-0.4, -0.2) is 32.1 Å². The fourth-order valence-electron chi connectivity index (χ4n) is 4.35. The second kappa shape index (κ2) is 8.22. The molecule has 0 N–H and O–H groups in total. The highest BCUT2D eigenvalue weighted by atomic mass is 19.1. The molecule has 5 rings (SSSR count). The van der Waals surface area contributed by atoms with E-state index in [1.165, 1.54) is 24.3 Å². The number of anilines is 2. The van der Waals surface area contributed by atoms with E-state index in [0.29, 0.717) is 22.9 Å². The number of rotatable bonds is 5. The number of nitrogens with zero attached hydrogens (tertiary/aromatic N) is 2. The summed E-state index contributed by atoms with van der Waals surface area (Å²) in [5, 5.41) is 1.61. The van der Waals surface area contributed by atoms with Crippen LogP contribution in [0.4, 0.5) is 15.8 Å². The zero-order valence-corrected chi connectivity index (χ0v) is 18.0. The number of methoxy groups -OCH3 is 2. The summed E-state index contributed by atoms with van der Waals surface area (Å²) in [5.41, 5.74) is 1.79. The molecule has 0 radical (unpaired) electrons. The van der Waals surface area contributed by atoms with Crippen molar-refractivity contribution >= 4 is 23.2 Å². The van der Waals surface area contributed by atoms with Crippen LogP contribution in [0.3, 0.4) is 0 Å². The van der Waals surface area contributed by atoms with Gasteiger partial charge in [0, 0.05) is 0 Å². The van der Waals surface area contributed by atoms with Crippen molar-refractivity contribution in [3.05, 3.63) is 84.2 Å². The van der Waals surface area contributed by atoms with E-state index in [9.17, 15) is 14.0 Å². The zero-order chi connectivity index (χ0) is 23.1.